The number of nitrogens with one attached hydrogen (secondary N) is 3. The van der Waals surface area contributed by atoms with Gasteiger partial charge in [-0.25, -0.2) is 4.98 Å². The normalized spacial score (nSPS) is 17.5. The zero-order chi connectivity index (χ0) is 17.3. The number of imidazole rings is 1. The van der Waals surface area contributed by atoms with Crippen LogP contribution in [-0.2, 0) is 4.79 Å². The average molecular weight is 328 g/mol. The van der Waals surface area contributed by atoms with Gasteiger partial charge in [-0.05, 0) is 38.0 Å². The van der Waals surface area contributed by atoms with E-state index in [2.05, 4.69) is 20.6 Å². The van der Waals surface area contributed by atoms with Crippen molar-refractivity contribution >= 4 is 17.5 Å². The number of anilines is 1. The SMILES string of the molecule is CC[C@@H]1Oc2cc([C@H](C)NC(=O)c3cnc(C)[nH]3)ccc2NC1=O. The lowest BCUT2D eigenvalue weighted by atomic mass is 10.1. The van der Waals surface area contributed by atoms with Crippen LogP contribution in [0.15, 0.2) is 24.4 Å². The van der Waals surface area contributed by atoms with E-state index in [0.29, 0.717) is 29.4 Å². The van der Waals surface area contributed by atoms with Crippen molar-refractivity contribution in [2.75, 3.05) is 5.32 Å². The number of ether oxygens (including phenoxy) is 1. The molecule has 126 valence electrons. The molecule has 3 rings (SSSR count). The lowest BCUT2D eigenvalue weighted by Crippen LogP contribution is -2.36. The van der Waals surface area contributed by atoms with Gasteiger partial charge in [-0.3, -0.25) is 9.59 Å². The number of H-pyrrole nitrogens is 1. The molecule has 0 saturated carbocycles. The molecule has 1 aliphatic rings. The lowest BCUT2D eigenvalue weighted by Gasteiger charge is -2.26. The van der Waals surface area contributed by atoms with Gasteiger partial charge in [0, 0.05) is 0 Å². The molecular weight excluding hydrogens is 308 g/mol. The highest BCUT2D eigenvalue weighted by Gasteiger charge is 2.26. The third-order valence-electron chi connectivity index (χ3n) is 3.99. The van der Waals surface area contributed by atoms with Crippen molar-refractivity contribution in [3.05, 3.63) is 41.5 Å². The van der Waals surface area contributed by atoms with Gasteiger partial charge in [-0.1, -0.05) is 13.0 Å². The van der Waals surface area contributed by atoms with Crippen LogP contribution in [0.1, 0.15) is 48.2 Å². The van der Waals surface area contributed by atoms with Crippen LogP contribution in [0.4, 0.5) is 5.69 Å². The predicted molar refractivity (Wildman–Crippen MR) is 89.0 cm³/mol. The van der Waals surface area contributed by atoms with E-state index < -0.39 is 6.10 Å². The highest BCUT2D eigenvalue weighted by atomic mass is 16.5. The molecule has 2 amide bonds. The van der Waals surface area contributed by atoms with E-state index in [1.54, 1.807) is 13.0 Å². The van der Waals surface area contributed by atoms with Crippen molar-refractivity contribution in [3.8, 4) is 5.75 Å². The van der Waals surface area contributed by atoms with Crippen molar-refractivity contribution in [1.29, 1.82) is 0 Å². The van der Waals surface area contributed by atoms with E-state index in [0.717, 1.165) is 5.56 Å². The highest BCUT2D eigenvalue weighted by Crippen LogP contribution is 2.33. The molecule has 0 radical (unpaired) electrons. The van der Waals surface area contributed by atoms with Gasteiger partial charge < -0.3 is 20.4 Å². The summed E-state index contributed by atoms with van der Waals surface area (Å²) in [5.74, 6) is 0.962. The van der Waals surface area contributed by atoms with E-state index in [9.17, 15) is 9.59 Å². The second-order valence-electron chi connectivity index (χ2n) is 5.84. The fourth-order valence-corrected chi connectivity index (χ4v) is 2.59. The molecule has 2 atom stereocenters. The number of benzene rings is 1. The van der Waals surface area contributed by atoms with Gasteiger partial charge in [0.05, 0.1) is 17.9 Å². The molecule has 3 N–H and O–H groups in total. The van der Waals surface area contributed by atoms with Gasteiger partial charge >= 0.3 is 0 Å². The zero-order valence-corrected chi connectivity index (χ0v) is 13.8. The summed E-state index contributed by atoms with van der Waals surface area (Å²) < 4.78 is 5.74. The minimum absolute atomic E-state index is 0.131. The maximum Gasteiger partial charge on any atom is 0.269 e. The number of amides is 2. The monoisotopic (exact) mass is 328 g/mol. The molecular formula is C17H20N4O3. The van der Waals surface area contributed by atoms with Crippen LogP contribution < -0.4 is 15.4 Å². The molecule has 7 nitrogen and oxygen atoms in total. The third kappa shape index (κ3) is 3.10. The number of fused-ring (bicyclic) bond motifs is 1. The smallest absolute Gasteiger partial charge is 0.269 e. The number of carbonyl (C=O) groups is 2. The van der Waals surface area contributed by atoms with E-state index in [-0.39, 0.29) is 17.9 Å². The highest BCUT2D eigenvalue weighted by molar-refractivity contribution is 5.97. The topological polar surface area (TPSA) is 96.1 Å². The summed E-state index contributed by atoms with van der Waals surface area (Å²) in [5.41, 5.74) is 1.97. The first-order valence-electron chi connectivity index (χ1n) is 7.92. The van der Waals surface area contributed by atoms with Gasteiger partial charge in [-0.2, -0.15) is 0 Å². The van der Waals surface area contributed by atoms with Gasteiger partial charge in [0.1, 0.15) is 17.3 Å². The first-order chi connectivity index (χ1) is 11.5. The molecule has 0 bridgehead atoms. The van der Waals surface area contributed by atoms with Crippen LogP contribution in [-0.4, -0.2) is 27.9 Å². The van der Waals surface area contributed by atoms with Crippen LogP contribution in [0.25, 0.3) is 0 Å². The molecule has 7 heteroatoms. The summed E-state index contributed by atoms with van der Waals surface area (Å²) in [6.07, 6.45) is 1.63. The Labute approximate surface area is 139 Å². The maximum atomic E-state index is 12.2. The molecule has 0 fully saturated rings. The first-order valence-corrected chi connectivity index (χ1v) is 7.92. The largest absolute Gasteiger partial charge is 0.478 e. The number of aromatic nitrogens is 2. The number of hydrogen-bond acceptors (Lipinski definition) is 4. The number of nitrogens with zero attached hydrogens (tertiary/aromatic N) is 1. The Morgan fingerprint density at radius 3 is 2.92 bits per heavy atom. The maximum absolute atomic E-state index is 12.2. The van der Waals surface area contributed by atoms with Gasteiger partial charge in [0.25, 0.3) is 11.8 Å². The Hall–Kier alpha value is -2.83. The lowest BCUT2D eigenvalue weighted by molar-refractivity contribution is -0.123. The Morgan fingerprint density at radius 1 is 1.46 bits per heavy atom. The van der Waals surface area contributed by atoms with Gasteiger partial charge in [0.2, 0.25) is 0 Å². The van der Waals surface area contributed by atoms with E-state index in [4.69, 9.17) is 4.74 Å². The number of carbonyl (C=O) groups excluding carboxylic acids is 2. The molecule has 2 aromatic rings. The van der Waals surface area contributed by atoms with Crippen LogP contribution in [0.5, 0.6) is 5.75 Å². The molecule has 0 unspecified atom stereocenters. The van der Waals surface area contributed by atoms with Crippen LogP contribution >= 0.6 is 0 Å². The van der Waals surface area contributed by atoms with Crippen molar-refractivity contribution in [2.24, 2.45) is 0 Å². The van der Waals surface area contributed by atoms with E-state index >= 15 is 0 Å². The number of hydrogen-bond donors (Lipinski definition) is 3. The number of rotatable bonds is 4. The molecule has 2 heterocycles. The molecule has 0 aliphatic carbocycles. The second kappa shape index (κ2) is 6.35. The Balaban J connectivity index is 1.75. The van der Waals surface area contributed by atoms with Gasteiger partial charge in [-0.15, -0.1) is 0 Å². The fourth-order valence-electron chi connectivity index (χ4n) is 2.59. The first kappa shape index (κ1) is 16.0. The van der Waals surface area contributed by atoms with Crippen molar-refractivity contribution < 1.29 is 14.3 Å². The van der Waals surface area contributed by atoms with E-state index in [1.807, 2.05) is 26.0 Å². The quantitative estimate of drug-likeness (QED) is 0.802. The van der Waals surface area contributed by atoms with Crippen molar-refractivity contribution in [1.82, 2.24) is 15.3 Å². The summed E-state index contributed by atoms with van der Waals surface area (Å²) >= 11 is 0. The Morgan fingerprint density at radius 2 is 2.25 bits per heavy atom. The standard InChI is InChI=1S/C17H20N4O3/c1-4-14-17(23)21-12-6-5-11(7-15(12)24-14)9(2)19-16(22)13-8-18-10(3)20-13/h5-9,14H,4H2,1-3H3,(H,18,20)(H,19,22)(H,21,23)/t9-,14-/m0/s1. The molecule has 0 saturated heterocycles. The van der Waals surface area contributed by atoms with Gasteiger partial charge in [0.15, 0.2) is 6.10 Å². The second-order valence-corrected chi connectivity index (χ2v) is 5.84. The fraction of sp³-hybridized carbons (Fsp3) is 0.353. The molecule has 0 spiro atoms. The average Bonchev–Trinajstić information content (AvgIpc) is 3.00. The summed E-state index contributed by atoms with van der Waals surface area (Å²) in [4.78, 5) is 30.9. The number of aryl methyl sites for hydroxylation is 1. The molecule has 1 aromatic carbocycles. The molecule has 1 aromatic heterocycles. The summed E-state index contributed by atoms with van der Waals surface area (Å²) in [7, 11) is 0. The Kier molecular flexibility index (Phi) is 4.24. The predicted octanol–water partition coefficient (Wildman–Crippen LogP) is 2.32. The van der Waals surface area contributed by atoms with Crippen LogP contribution in [0.3, 0.4) is 0 Å². The summed E-state index contributed by atoms with van der Waals surface area (Å²) in [6, 6.07) is 5.28. The minimum Gasteiger partial charge on any atom is -0.478 e. The zero-order valence-electron chi connectivity index (χ0n) is 13.8. The van der Waals surface area contributed by atoms with Crippen LogP contribution in [0, 0.1) is 6.92 Å². The van der Waals surface area contributed by atoms with E-state index in [1.165, 1.54) is 6.20 Å². The third-order valence-corrected chi connectivity index (χ3v) is 3.99. The molecule has 24 heavy (non-hydrogen) atoms. The minimum atomic E-state index is -0.481. The Bertz CT molecular complexity index is 784. The summed E-state index contributed by atoms with van der Waals surface area (Å²) in [6.45, 7) is 5.58. The summed E-state index contributed by atoms with van der Waals surface area (Å²) in [5, 5.41) is 5.75. The van der Waals surface area contributed by atoms with Crippen LogP contribution in [0.2, 0.25) is 0 Å². The van der Waals surface area contributed by atoms with Crippen molar-refractivity contribution in [2.45, 2.75) is 39.3 Å². The molecule has 1 aliphatic heterocycles. The van der Waals surface area contributed by atoms with Crippen molar-refractivity contribution in [3.63, 3.8) is 0 Å². The number of aromatic amines is 1.